The number of nitrogen functional groups attached to an aromatic ring is 1. The second-order valence-corrected chi connectivity index (χ2v) is 4.57. The number of aromatic nitrogens is 2. The summed E-state index contributed by atoms with van der Waals surface area (Å²) in [6, 6.07) is 3.84. The third-order valence-electron chi connectivity index (χ3n) is 2.78. The maximum absolute atomic E-state index is 13.5. The second-order valence-electron chi connectivity index (χ2n) is 4.16. The zero-order valence-corrected chi connectivity index (χ0v) is 11.7. The van der Waals surface area contributed by atoms with Crippen molar-refractivity contribution in [2.45, 2.75) is 0 Å². The number of hydrogen-bond acceptors (Lipinski definition) is 5. The number of benzene rings is 1. The van der Waals surface area contributed by atoms with E-state index in [1.165, 1.54) is 23.0 Å². The van der Waals surface area contributed by atoms with Gasteiger partial charge in [0.05, 0.1) is 16.8 Å². The Bertz CT molecular complexity index is 694. The van der Waals surface area contributed by atoms with Crippen LogP contribution in [-0.2, 0) is 11.8 Å². The Kier molecular flexibility index (Phi) is 4.23. The van der Waals surface area contributed by atoms with E-state index in [1.54, 1.807) is 7.05 Å². The number of Topliss-reactive ketones (excluding diaryl/α,β-unsaturated/α-hetero) is 1. The number of hydrogen-bond donors (Lipinski definition) is 1. The molecule has 0 amide bonds. The van der Waals surface area contributed by atoms with Crippen LogP contribution in [0.1, 0.15) is 20.7 Å². The molecule has 0 radical (unpaired) electrons. The maximum Gasteiger partial charge on any atom is 0.343 e. The minimum Gasteiger partial charge on any atom is -0.454 e. The Morgan fingerprint density at radius 2 is 2.19 bits per heavy atom. The molecular formula is C13H11ClFN3O3. The molecule has 1 aromatic carbocycles. The van der Waals surface area contributed by atoms with Crippen molar-refractivity contribution in [1.82, 2.24) is 9.78 Å². The Morgan fingerprint density at radius 1 is 1.48 bits per heavy atom. The molecule has 0 atom stereocenters. The number of rotatable bonds is 4. The van der Waals surface area contributed by atoms with Crippen molar-refractivity contribution in [1.29, 1.82) is 0 Å². The molecule has 2 aromatic rings. The van der Waals surface area contributed by atoms with Gasteiger partial charge < -0.3 is 10.5 Å². The van der Waals surface area contributed by atoms with Crippen LogP contribution in [0.4, 0.5) is 10.2 Å². The Balaban J connectivity index is 2.08. The molecule has 0 unspecified atom stereocenters. The van der Waals surface area contributed by atoms with Crippen molar-refractivity contribution < 1.29 is 18.7 Å². The lowest BCUT2D eigenvalue weighted by Gasteiger charge is -2.06. The molecule has 1 heterocycles. The van der Waals surface area contributed by atoms with Crippen molar-refractivity contribution >= 4 is 29.2 Å². The molecule has 0 saturated heterocycles. The summed E-state index contributed by atoms with van der Waals surface area (Å²) >= 11 is 5.75. The minimum absolute atomic E-state index is 0.0323. The van der Waals surface area contributed by atoms with Gasteiger partial charge in [0.25, 0.3) is 0 Å². The summed E-state index contributed by atoms with van der Waals surface area (Å²) in [5.41, 5.74) is 5.32. The highest BCUT2D eigenvalue weighted by atomic mass is 35.5. The van der Waals surface area contributed by atoms with E-state index in [0.717, 1.165) is 6.07 Å². The van der Waals surface area contributed by atoms with E-state index >= 15 is 0 Å². The predicted molar refractivity (Wildman–Crippen MR) is 73.6 cm³/mol. The van der Waals surface area contributed by atoms with Gasteiger partial charge in [-0.05, 0) is 12.1 Å². The molecule has 0 aliphatic carbocycles. The molecule has 0 spiro atoms. The molecule has 0 aliphatic rings. The number of esters is 1. The molecule has 0 fully saturated rings. The first kappa shape index (κ1) is 15.0. The van der Waals surface area contributed by atoms with E-state index < -0.39 is 24.2 Å². The summed E-state index contributed by atoms with van der Waals surface area (Å²) in [5.74, 6) is -2.23. The highest BCUT2D eigenvalue weighted by Crippen LogP contribution is 2.20. The molecule has 2 rings (SSSR count). The van der Waals surface area contributed by atoms with Crippen molar-refractivity contribution in [3.8, 4) is 0 Å². The van der Waals surface area contributed by atoms with E-state index in [2.05, 4.69) is 5.10 Å². The summed E-state index contributed by atoms with van der Waals surface area (Å²) in [4.78, 5) is 23.6. The predicted octanol–water partition coefficient (Wildman–Crippen LogP) is 1.83. The lowest BCUT2D eigenvalue weighted by atomic mass is 10.1. The Hall–Kier alpha value is -2.41. The lowest BCUT2D eigenvalue weighted by Crippen LogP contribution is -2.16. The van der Waals surface area contributed by atoms with Gasteiger partial charge >= 0.3 is 5.97 Å². The zero-order chi connectivity index (χ0) is 15.6. The fraction of sp³-hybridized carbons (Fsp3) is 0.154. The molecule has 6 nitrogen and oxygen atoms in total. The van der Waals surface area contributed by atoms with E-state index in [1.807, 2.05) is 0 Å². The van der Waals surface area contributed by atoms with Crippen LogP contribution in [0.25, 0.3) is 0 Å². The molecule has 0 bridgehead atoms. The fourth-order valence-electron chi connectivity index (χ4n) is 1.65. The summed E-state index contributed by atoms with van der Waals surface area (Å²) in [5, 5.41) is 3.73. The van der Waals surface area contributed by atoms with Crippen LogP contribution in [0.15, 0.2) is 24.4 Å². The van der Waals surface area contributed by atoms with Gasteiger partial charge in [-0.15, -0.1) is 0 Å². The molecule has 1 aromatic heterocycles. The summed E-state index contributed by atoms with van der Waals surface area (Å²) < 4.78 is 19.6. The first-order chi connectivity index (χ1) is 9.91. The van der Waals surface area contributed by atoms with Crippen molar-refractivity contribution in [2.75, 3.05) is 12.3 Å². The average molecular weight is 312 g/mol. The topological polar surface area (TPSA) is 87.2 Å². The number of carbonyl (C=O) groups is 2. The number of nitrogens with two attached hydrogens (primary N) is 1. The molecule has 0 aliphatic heterocycles. The van der Waals surface area contributed by atoms with Gasteiger partial charge in [-0.2, -0.15) is 5.10 Å². The number of nitrogens with zero attached hydrogens (tertiary/aromatic N) is 2. The molecule has 110 valence electrons. The molecule has 21 heavy (non-hydrogen) atoms. The van der Waals surface area contributed by atoms with Gasteiger partial charge in [-0.3, -0.25) is 9.48 Å². The first-order valence-corrected chi connectivity index (χ1v) is 6.21. The van der Waals surface area contributed by atoms with Gasteiger partial charge in [0.2, 0.25) is 5.78 Å². The standard InChI is InChI=1S/C13H11ClFN3O3/c1-18-12(16)7(5-17-18)13(20)21-6-10(19)11-8(14)3-2-4-9(11)15/h2-5H,6,16H2,1H3. The molecule has 2 N–H and O–H groups in total. The van der Waals surface area contributed by atoms with Gasteiger partial charge in [0.15, 0.2) is 6.61 Å². The van der Waals surface area contributed by atoms with Gasteiger partial charge in [0.1, 0.15) is 17.2 Å². The van der Waals surface area contributed by atoms with E-state index in [9.17, 15) is 14.0 Å². The van der Waals surface area contributed by atoms with Crippen LogP contribution in [-0.4, -0.2) is 28.1 Å². The monoisotopic (exact) mass is 311 g/mol. The number of halogens is 2. The zero-order valence-electron chi connectivity index (χ0n) is 11.0. The smallest absolute Gasteiger partial charge is 0.343 e. The van der Waals surface area contributed by atoms with Crippen molar-refractivity contribution in [3.05, 3.63) is 46.4 Å². The van der Waals surface area contributed by atoms with Crippen LogP contribution in [0.5, 0.6) is 0 Å². The molecule has 0 saturated carbocycles. The number of carbonyl (C=O) groups excluding carboxylic acids is 2. The van der Waals surface area contributed by atoms with Gasteiger partial charge in [-0.25, -0.2) is 9.18 Å². The lowest BCUT2D eigenvalue weighted by molar-refractivity contribution is 0.0474. The SMILES string of the molecule is Cn1ncc(C(=O)OCC(=O)c2c(F)cccc2Cl)c1N. The highest BCUT2D eigenvalue weighted by molar-refractivity contribution is 6.34. The van der Waals surface area contributed by atoms with E-state index in [-0.39, 0.29) is 22.0 Å². The Labute approximate surface area is 124 Å². The summed E-state index contributed by atoms with van der Waals surface area (Å²) in [6.07, 6.45) is 1.22. The second kappa shape index (κ2) is 5.92. The van der Waals surface area contributed by atoms with Gasteiger partial charge in [0, 0.05) is 7.05 Å². The fourth-order valence-corrected chi connectivity index (χ4v) is 1.92. The summed E-state index contributed by atoms with van der Waals surface area (Å²) in [6.45, 7) is -0.645. The van der Waals surface area contributed by atoms with Crippen molar-refractivity contribution in [2.24, 2.45) is 7.05 Å². The van der Waals surface area contributed by atoms with Crippen LogP contribution >= 0.6 is 11.6 Å². The van der Waals surface area contributed by atoms with Crippen LogP contribution in [0.3, 0.4) is 0 Å². The van der Waals surface area contributed by atoms with Crippen LogP contribution in [0, 0.1) is 5.82 Å². The number of anilines is 1. The first-order valence-electron chi connectivity index (χ1n) is 5.83. The van der Waals surface area contributed by atoms with E-state index in [4.69, 9.17) is 22.1 Å². The molecular weight excluding hydrogens is 301 g/mol. The quantitative estimate of drug-likeness (QED) is 0.687. The number of ether oxygens (including phenoxy) is 1. The normalized spacial score (nSPS) is 10.4. The van der Waals surface area contributed by atoms with E-state index in [0.29, 0.717) is 0 Å². The van der Waals surface area contributed by atoms with Crippen LogP contribution < -0.4 is 5.73 Å². The maximum atomic E-state index is 13.5. The van der Waals surface area contributed by atoms with Gasteiger partial charge in [-0.1, -0.05) is 17.7 Å². The van der Waals surface area contributed by atoms with Crippen LogP contribution in [0.2, 0.25) is 5.02 Å². The molecule has 8 heteroatoms. The highest BCUT2D eigenvalue weighted by Gasteiger charge is 2.20. The average Bonchev–Trinajstić information content (AvgIpc) is 2.76. The minimum atomic E-state index is -0.818. The Morgan fingerprint density at radius 3 is 2.76 bits per heavy atom. The number of aryl methyl sites for hydroxylation is 1. The van der Waals surface area contributed by atoms with Crippen molar-refractivity contribution in [3.63, 3.8) is 0 Å². The third kappa shape index (κ3) is 3.03. The third-order valence-corrected chi connectivity index (χ3v) is 3.10. The largest absolute Gasteiger partial charge is 0.454 e. The number of ketones is 1. The summed E-state index contributed by atoms with van der Waals surface area (Å²) in [7, 11) is 1.55.